The lowest BCUT2D eigenvalue weighted by Crippen LogP contribution is -2.39. The van der Waals surface area contributed by atoms with E-state index in [2.05, 4.69) is 70.4 Å². The van der Waals surface area contributed by atoms with Crippen molar-refractivity contribution in [2.75, 3.05) is 26.3 Å². The molecule has 1 fully saturated rings. The van der Waals surface area contributed by atoms with E-state index in [4.69, 9.17) is 21.7 Å². The Bertz CT molecular complexity index is 697. The highest BCUT2D eigenvalue weighted by atomic mass is 32.1. The summed E-state index contributed by atoms with van der Waals surface area (Å²) in [7, 11) is 0. The summed E-state index contributed by atoms with van der Waals surface area (Å²) in [6.45, 7) is 17.0. The average molecular weight is 449 g/mol. The van der Waals surface area contributed by atoms with Crippen molar-refractivity contribution in [1.82, 2.24) is 10.6 Å². The van der Waals surface area contributed by atoms with E-state index in [9.17, 15) is 0 Å². The molecule has 1 aromatic carbocycles. The Labute approximate surface area is 195 Å². The van der Waals surface area contributed by atoms with Crippen LogP contribution in [0.25, 0.3) is 0 Å². The summed E-state index contributed by atoms with van der Waals surface area (Å²) >= 11 is 5.36. The second-order valence-corrected chi connectivity index (χ2v) is 10.4. The first kappa shape index (κ1) is 25.9. The fourth-order valence-electron chi connectivity index (χ4n) is 3.69. The number of nitrogens with one attached hydrogen (secondary N) is 2. The lowest BCUT2D eigenvalue weighted by atomic mass is 9.76. The standard InChI is InChI=1S/C26H44N2O2S/c1-7-25(3,4)20-13-14-23(22(18-20)26(5,6)8-2)30-16-10-9-15-27-24(31)28-19-21-12-11-17-29-21/h13-14,18,21H,7-12,15-17,19H2,1-6H3,(H2,27,28,31). The van der Waals surface area contributed by atoms with E-state index in [1.165, 1.54) is 11.1 Å². The Kier molecular flexibility index (Phi) is 10.1. The van der Waals surface area contributed by atoms with Crippen molar-refractivity contribution in [3.05, 3.63) is 29.3 Å². The quantitative estimate of drug-likeness (QED) is 0.309. The zero-order valence-electron chi connectivity index (χ0n) is 20.6. The van der Waals surface area contributed by atoms with Gasteiger partial charge in [-0.25, -0.2) is 0 Å². The number of benzene rings is 1. The van der Waals surface area contributed by atoms with Crippen LogP contribution in [0.5, 0.6) is 5.75 Å². The fourth-order valence-corrected chi connectivity index (χ4v) is 3.87. The predicted molar refractivity (Wildman–Crippen MR) is 135 cm³/mol. The molecule has 1 saturated heterocycles. The van der Waals surface area contributed by atoms with Crippen molar-refractivity contribution in [1.29, 1.82) is 0 Å². The Balaban J connectivity index is 1.79. The van der Waals surface area contributed by atoms with E-state index in [-0.39, 0.29) is 10.8 Å². The SMILES string of the molecule is CCC(C)(C)c1ccc(OCCCCNC(=S)NCC2CCCO2)c(C(C)(C)CC)c1. The molecule has 1 unspecified atom stereocenters. The molecule has 0 amide bonds. The summed E-state index contributed by atoms with van der Waals surface area (Å²) in [6.07, 6.45) is 6.81. The molecule has 5 heteroatoms. The van der Waals surface area contributed by atoms with Crippen molar-refractivity contribution in [2.45, 2.75) is 97.0 Å². The van der Waals surface area contributed by atoms with E-state index in [0.717, 1.165) is 75.7 Å². The molecule has 0 spiro atoms. The van der Waals surface area contributed by atoms with Gasteiger partial charge in [-0.2, -0.15) is 0 Å². The minimum atomic E-state index is 0.0949. The first-order chi connectivity index (χ1) is 14.7. The summed E-state index contributed by atoms with van der Waals surface area (Å²) in [6, 6.07) is 6.80. The Morgan fingerprint density at radius 3 is 2.48 bits per heavy atom. The number of thiocarbonyl (C=S) groups is 1. The van der Waals surface area contributed by atoms with Crippen LogP contribution in [0.3, 0.4) is 0 Å². The second kappa shape index (κ2) is 12.1. The molecule has 0 saturated carbocycles. The molecule has 1 heterocycles. The predicted octanol–water partition coefficient (Wildman–Crippen LogP) is 5.86. The molecule has 0 radical (unpaired) electrons. The molecule has 1 aliphatic heterocycles. The molecule has 1 aliphatic rings. The molecule has 1 atom stereocenters. The van der Waals surface area contributed by atoms with E-state index >= 15 is 0 Å². The maximum Gasteiger partial charge on any atom is 0.166 e. The van der Waals surface area contributed by atoms with Crippen LogP contribution in [0.1, 0.15) is 91.2 Å². The molecule has 31 heavy (non-hydrogen) atoms. The number of hydrogen-bond donors (Lipinski definition) is 2. The van der Waals surface area contributed by atoms with Gasteiger partial charge in [0, 0.05) is 25.3 Å². The number of unbranched alkanes of at least 4 members (excludes halogenated alkanes) is 1. The van der Waals surface area contributed by atoms with Gasteiger partial charge in [-0.3, -0.25) is 0 Å². The van der Waals surface area contributed by atoms with Gasteiger partial charge in [0.05, 0.1) is 12.7 Å². The highest BCUT2D eigenvalue weighted by Crippen LogP contribution is 2.38. The topological polar surface area (TPSA) is 42.5 Å². The molecular formula is C26H44N2O2S. The lowest BCUT2D eigenvalue weighted by molar-refractivity contribution is 0.114. The zero-order valence-corrected chi connectivity index (χ0v) is 21.4. The Morgan fingerprint density at radius 2 is 1.84 bits per heavy atom. The van der Waals surface area contributed by atoms with Crippen molar-refractivity contribution in [2.24, 2.45) is 0 Å². The van der Waals surface area contributed by atoms with Crippen molar-refractivity contribution >= 4 is 17.3 Å². The molecule has 1 aromatic rings. The van der Waals surface area contributed by atoms with Gasteiger partial charge < -0.3 is 20.1 Å². The van der Waals surface area contributed by atoms with Crippen LogP contribution in [0.4, 0.5) is 0 Å². The van der Waals surface area contributed by atoms with E-state index in [1.807, 2.05) is 0 Å². The third kappa shape index (κ3) is 7.94. The van der Waals surface area contributed by atoms with Gasteiger partial charge in [0.1, 0.15) is 5.75 Å². The number of hydrogen-bond acceptors (Lipinski definition) is 3. The highest BCUT2D eigenvalue weighted by Gasteiger charge is 2.26. The molecule has 2 rings (SSSR count). The summed E-state index contributed by atoms with van der Waals surface area (Å²) in [5, 5.41) is 7.27. The normalized spacial score (nSPS) is 16.9. The van der Waals surface area contributed by atoms with Crippen LogP contribution < -0.4 is 15.4 Å². The van der Waals surface area contributed by atoms with Crippen LogP contribution in [0.2, 0.25) is 0 Å². The Morgan fingerprint density at radius 1 is 1.10 bits per heavy atom. The highest BCUT2D eigenvalue weighted by molar-refractivity contribution is 7.80. The largest absolute Gasteiger partial charge is 0.493 e. The summed E-state index contributed by atoms with van der Waals surface area (Å²) in [5.74, 6) is 1.03. The van der Waals surface area contributed by atoms with Gasteiger partial charge in [-0.05, 0) is 73.2 Å². The summed E-state index contributed by atoms with van der Waals surface area (Å²) in [4.78, 5) is 0. The van der Waals surface area contributed by atoms with Crippen LogP contribution in [0, 0.1) is 0 Å². The molecule has 176 valence electrons. The zero-order chi connectivity index (χ0) is 22.9. The minimum absolute atomic E-state index is 0.0949. The lowest BCUT2D eigenvalue weighted by Gasteiger charge is -2.30. The van der Waals surface area contributed by atoms with Gasteiger partial charge in [-0.1, -0.05) is 53.7 Å². The van der Waals surface area contributed by atoms with Gasteiger partial charge in [-0.15, -0.1) is 0 Å². The van der Waals surface area contributed by atoms with E-state index in [1.54, 1.807) is 0 Å². The van der Waals surface area contributed by atoms with Gasteiger partial charge in [0.15, 0.2) is 5.11 Å². The van der Waals surface area contributed by atoms with Crippen molar-refractivity contribution < 1.29 is 9.47 Å². The van der Waals surface area contributed by atoms with Gasteiger partial charge >= 0.3 is 0 Å². The molecule has 0 aliphatic carbocycles. The number of ether oxygens (including phenoxy) is 2. The third-order valence-electron chi connectivity index (χ3n) is 6.89. The first-order valence-corrected chi connectivity index (χ1v) is 12.5. The van der Waals surface area contributed by atoms with Crippen LogP contribution in [-0.2, 0) is 15.6 Å². The third-order valence-corrected chi connectivity index (χ3v) is 7.18. The van der Waals surface area contributed by atoms with Crippen LogP contribution in [-0.4, -0.2) is 37.5 Å². The van der Waals surface area contributed by atoms with Gasteiger partial charge in [0.25, 0.3) is 0 Å². The van der Waals surface area contributed by atoms with E-state index < -0.39 is 0 Å². The molecular weight excluding hydrogens is 404 g/mol. The van der Waals surface area contributed by atoms with E-state index in [0.29, 0.717) is 6.10 Å². The summed E-state index contributed by atoms with van der Waals surface area (Å²) in [5.41, 5.74) is 3.00. The van der Waals surface area contributed by atoms with Crippen molar-refractivity contribution in [3.63, 3.8) is 0 Å². The smallest absolute Gasteiger partial charge is 0.166 e. The maximum absolute atomic E-state index is 6.26. The van der Waals surface area contributed by atoms with Gasteiger partial charge in [0.2, 0.25) is 0 Å². The Hall–Kier alpha value is -1.33. The fraction of sp³-hybridized carbons (Fsp3) is 0.731. The second-order valence-electron chi connectivity index (χ2n) is 10.0. The maximum atomic E-state index is 6.26. The van der Waals surface area contributed by atoms with Crippen molar-refractivity contribution in [3.8, 4) is 5.75 Å². The summed E-state index contributed by atoms with van der Waals surface area (Å²) < 4.78 is 11.9. The first-order valence-electron chi connectivity index (χ1n) is 12.1. The van der Waals surface area contributed by atoms with Crippen LogP contribution >= 0.6 is 12.2 Å². The molecule has 0 bridgehead atoms. The molecule has 4 nitrogen and oxygen atoms in total. The van der Waals surface area contributed by atoms with Crippen LogP contribution in [0.15, 0.2) is 18.2 Å². The number of rotatable bonds is 12. The average Bonchev–Trinajstić information content (AvgIpc) is 3.28. The monoisotopic (exact) mass is 448 g/mol. The molecule has 2 N–H and O–H groups in total. The molecule has 0 aromatic heterocycles. The minimum Gasteiger partial charge on any atom is -0.493 e.